The van der Waals surface area contributed by atoms with Crippen molar-refractivity contribution < 1.29 is 34.2 Å². The molecule has 0 aromatic carbocycles. The lowest BCUT2D eigenvalue weighted by molar-refractivity contribution is -0.304. The Morgan fingerprint density at radius 1 is 1.05 bits per heavy atom. The van der Waals surface area contributed by atoms with Crippen LogP contribution in [0.2, 0.25) is 0 Å². The number of carboxylic acids is 2. The number of hydrogen-bond donors (Lipinski definition) is 3. The summed E-state index contributed by atoms with van der Waals surface area (Å²) >= 11 is 3.81. The zero-order valence-electron chi connectivity index (χ0n) is 10.2. The van der Waals surface area contributed by atoms with Crippen LogP contribution in [0.4, 0.5) is 0 Å². The van der Waals surface area contributed by atoms with Crippen LogP contribution < -0.4 is 20.8 Å². The largest absolute Gasteiger partial charge is 0.548 e. The smallest absolute Gasteiger partial charge is 0.243 e. The molecule has 0 aliphatic heterocycles. The summed E-state index contributed by atoms with van der Waals surface area (Å²) in [6.07, 6.45) is -1.00. The van der Waals surface area contributed by atoms with E-state index in [2.05, 4.69) is 17.9 Å². The number of carboxylic acid groups (broad SMARTS) is 2. The molecule has 0 saturated carbocycles. The van der Waals surface area contributed by atoms with E-state index in [0.717, 1.165) is 0 Å². The molecule has 2 amide bonds. The maximum atomic E-state index is 11.4. The van der Waals surface area contributed by atoms with E-state index >= 15 is 0 Å². The van der Waals surface area contributed by atoms with Crippen molar-refractivity contribution in [2.75, 3.05) is 12.3 Å². The molecule has 0 rings (SSSR count). The van der Waals surface area contributed by atoms with Gasteiger partial charge in [-0.15, -0.1) is 0 Å². The summed E-state index contributed by atoms with van der Waals surface area (Å²) in [6, 6.07) is -1.11. The molecule has 10 heteroatoms. The number of ketones is 1. The Balaban J connectivity index is 4.24. The van der Waals surface area contributed by atoms with E-state index in [1.54, 1.807) is 0 Å². The Bertz CT molecular complexity index is 424. The summed E-state index contributed by atoms with van der Waals surface area (Å²) in [5.41, 5.74) is 0. The normalized spacial score (nSPS) is 11.2. The van der Waals surface area contributed by atoms with Crippen LogP contribution in [0.15, 0.2) is 0 Å². The van der Waals surface area contributed by atoms with Crippen LogP contribution in [0.3, 0.4) is 0 Å². The topological polar surface area (TPSA) is 156 Å². The second-order valence-corrected chi connectivity index (χ2v) is 3.97. The molecule has 0 unspecified atom stereocenters. The van der Waals surface area contributed by atoms with Gasteiger partial charge in [0.1, 0.15) is 12.0 Å². The zero-order valence-corrected chi connectivity index (χ0v) is 11.1. The third-order valence-electron chi connectivity index (χ3n) is 2.05. The highest BCUT2D eigenvalue weighted by molar-refractivity contribution is 7.80. The summed E-state index contributed by atoms with van der Waals surface area (Å²) in [6.45, 7) is -0.720. The number of hydrogen-bond acceptors (Lipinski definition) is 8. The quantitative estimate of drug-likeness (QED) is 0.286. The van der Waals surface area contributed by atoms with Gasteiger partial charge in [-0.1, -0.05) is 0 Å². The molecule has 0 bridgehead atoms. The first-order chi connectivity index (χ1) is 9.27. The van der Waals surface area contributed by atoms with Gasteiger partial charge in [0, 0.05) is 18.6 Å². The highest BCUT2D eigenvalue weighted by atomic mass is 32.1. The summed E-state index contributed by atoms with van der Waals surface area (Å²) in [7, 11) is 0. The lowest BCUT2D eigenvalue weighted by Crippen LogP contribution is -2.50. The first-order valence-corrected chi connectivity index (χ1v) is 6.03. The SMILES string of the molecule is O=C([O-])CNC(=O)[C@H](CS)NC(=O)CCC(=O)C(=O)[O-]. The molecular weight excluding hydrogens is 292 g/mol. The number of amides is 2. The lowest BCUT2D eigenvalue weighted by atomic mass is 10.2. The number of carbonyl (C=O) groups excluding carboxylic acids is 5. The van der Waals surface area contributed by atoms with E-state index in [9.17, 15) is 34.2 Å². The van der Waals surface area contributed by atoms with Crippen LogP contribution in [-0.4, -0.2) is 47.9 Å². The molecule has 0 aromatic rings. The molecule has 2 N–H and O–H groups in total. The molecule has 112 valence electrons. The third-order valence-corrected chi connectivity index (χ3v) is 2.41. The van der Waals surface area contributed by atoms with Crippen LogP contribution in [-0.2, 0) is 24.0 Å². The van der Waals surface area contributed by atoms with E-state index in [-0.39, 0.29) is 5.75 Å². The van der Waals surface area contributed by atoms with Gasteiger partial charge in [-0.2, -0.15) is 12.6 Å². The molecule has 20 heavy (non-hydrogen) atoms. The Morgan fingerprint density at radius 2 is 1.65 bits per heavy atom. The summed E-state index contributed by atoms with van der Waals surface area (Å²) in [5.74, 6) is -6.27. The van der Waals surface area contributed by atoms with Crippen molar-refractivity contribution in [2.45, 2.75) is 18.9 Å². The number of nitrogens with one attached hydrogen (secondary N) is 2. The second-order valence-electron chi connectivity index (χ2n) is 3.60. The van der Waals surface area contributed by atoms with Gasteiger partial charge < -0.3 is 30.4 Å². The maximum absolute atomic E-state index is 11.4. The van der Waals surface area contributed by atoms with Gasteiger partial charge in [0.2, 0.25) is 11.8 Å². The predicted molar refractivity (Wildman–Crippen MR) is 63.0 cm³/mol. The number of aliphatic carboxylic acids is 2. The van der Waals surface area contributed by atoms with E-state index in [1.807, 2.05) is 5.32 Å². The number of rotatable bonds is 9. The first kappa shape index (κ1) is 17.9. The van der Waals surface area contributed by atoms with Gasteiger partial charge in [0.15, 0.2) is 5.78 Å². The second kappa shape index (κ2) is 8.91. The highest BCUT2D eigenvalue weighted by Crippen LogP contribution is 1.94. The van der Waals surface area contributed by atoms with Crippen molar-refractivity contribution in [1.82, 2.24) is 10.6 Å². The van der Waals surface area contributed by atoms with E-state index in [0.29, 0.717) is 0 Å². The average molecular weight is 304 g/mol. The van der Waals surface area contributed by atoms with Gasteiger partial charge in [-0.05, 0) is 0 Å². The molecule has 0 radical (unpaired) electrons. The number of carbonyl (C=O) groups is 5. The lowest BCUT2D eigenvalue weighted by Gasteiger charge is -2.16. The summed E-state index contributed by atoms with van der Waals surface area (Å²) in [4.78, 5) is 53.8. The maximum Gasteiger partial charge on any atom is 0.243 e. The minimum absolute atomic E-state index is 0.112. The standard InChI is InChI=1S/C10H14N2O7S/c13-6(10(18)19)1-2-7(14)12-5(4-20)9(17)11-3-8(15)16/h5,20H,1-4H2,(H,11,17)(H,12,14)(H,15,16)(H,18,19)/p-2/t5-/m0/s1. The van der Waals surface area contributed by atoms with Crippen molar-refractivity contribution in [3.63, 3.8) is 0 Å². The Morgan fingerprint density at radius 3 is 2.10 bits per heavy atom. The molecule has 0 aromatic heterocycles. The molecule has 9 nitrogen and oxygen atoms in total. The zero-order chi connectivity index (χ0) is 15.7. The van der Waals surface area contributed by atoms with Crippen LogP contribution in [0.5, 0.6) is 0 Å². The van der Waals surface area contributed by atoms with Crippen molar-refractivity contribution in [2.24, 2.45) is 0 Å². The molecule has 0 heterocycles. The Hall–Kier alpha value is -2.10. The van der Waals surface area contributed by atoms with Gasteiger partial charge in [-0.25, -0.2) is 0 Å². The molecule has 1 atom stereocenters. The molecular formula is C10H12N2O7S-2. The highest BCUT2D eigenvalue weighted by Gasteiger charge is 2.19. The molecule has 0 aliphatic carbocycles. The fraction of sp³-hybridized carbons (Fsp3) is 0.500. The van der Waals surface area contributed by atoms with Crippen molar-refractivity contribution in [1.29, 1.82) is 0 Å². The predicted octanol–water partition coefficient (Wildman–Crippen LogP) is -4.63. The molecule has 0 spiro atoms. The summed E-state index contributed by atoms with van der Waals surface area (Å²) < 4.78 is 0. The monoisotopic (exact) mass is 304 g/mol. The van der Waals surface area contributed by atoms with Crippen molar-refractivity contribution in [3.05, 3.63) is 0 Å². The minimum Gasteiger partial charge on any atom is -0.548 e. The van der Waals surface area contributed by atoms with Crippen LogP contribution in [0.1, 0.15) is 12.8 Å². The molecule has 0 fully saturated rings. The minimum atomic E-state index is -1.89. The fourth-order valence-electron chi connectivity index (χ4n) is 1.07. The van der Waals surface area contributed by atoms with Gasteiger partial charge in [0.25, 0.3) is 0 Å². The van der Waals surface area contributed by atoms with Crippen LogP contribution in [0.25, 0.3) is 0 Å². The summed E-state index contributed by atoms with van der Waals surface area (Å²) in [5, 5.41) is 24.4. The van der Waals surface area contributed by atoms with Gasteiger partial charge >= 0.3 is 0 Å². The average Bonchev–Trinajstić information content (AvgIpc) is 2.38. The number of thiol groups is 1. The van der Waals surface area contributed by atoms with Crippen LogP contribution >= 0.6 is 12.6 Å². The van der Waals surface area contributed by atoms with Crippen LogP contribution in [0, 0.1) is 0 Å². The van der Waals surface area contributed by atoms with Crippen molar-refractivity contribution in [3.8, 4) is 0 Å². The van der Waals surface area contributed by atoms with E-state index < -0.39 is 55.0 Å². The molecule has 0 aliphatic rings. The Kier molecular flexibility index (Phi) is 7.97. The fourth-order valence-corrected chi connectivity index (χ4v) is 1.33. The van der Waals surface area contributed by atoms with E-state index in [1.165, 1.54) is 0 Å². The van der Waals surface area contributed by atoms with Gasteiger partial charge in [0.05, 0.1) is 12.5 Å². The Labute approximate surface area is 119 Å². The first-order valence-electron chi connectivity index (χ1n) is 5.39. The van der Waals surface area contributed by atoms with Gasteiger partial charge in [-0.3, -0.25) is 14.4 Å². The molecule has 0 saturated heterocycles. The number of Topliss-reactive ketones (excluding diaryl/α,β-unsaturated/α-hetero) is 1. The third kappa shape index (κ3) is 7.36. The van der Waals surface area contributed by atoms with E-state index in [4.69, 9.17) is 0 Å². The van der Waals surface area contributed by atoms with Crippen molar-refractivity contribution >= 4 is 42.2 Å².